The predicted molar refractivity (Wildman–Crippen MR) is 409 cm³/mol. The summed E-state index contributed by atoms with van der Waals surface area (Å²) < 4.78 is 81.1. The molecule has 11 rings (SSSR count). The van der Waals surface area contributed by atoms with E-state index in [0.29, 0.717) is 57.2 Å². The molecule has 2 aromatic carbocycles. The summed E-state index contributed by atoms with van der Waals surface area (Å²) in [6.07, 6.45) is 22.1. The lowest BCUT2D eigenvalue weighted by molar-refractivity contribution is -0.385. The van der Waals surface area contributed by atoms with Crippen molar-refractivity contribution in [3.05, 3.63) is 164 Å². The Bertz CT molecular complexity index is 4420. The van der Waals surface area contributed by atoms with E-state index in [4.69, 9.17) is 46.0 Å². The molecule has 0 saturated carbocycles. The molecule has 7 aromatic rings. The van der Waals surface area contributed by atoms with Gasteiger partial charge in [0.1, 0.15) is 63.6 Å². The molecule has 4 unspecified atom stereocenters. The summed E-state index contributed by atoms with van der Waals surface area (Å²) in [6.45, 7) is 27.0. The topological polar surface area (TPSA) is 418 Å². The molecule has 4 saturated heterocycles. The molecular weight excluding hydrogens is 1480 g/mol. The fourth-order valence-electron chi connectivity index (χ4n) is 11.3. The average Bonchev–Trinajstić information content (AvgIpc) is 1.78. The van der Waals surface area contributed by atoms with Crippen LogP contribution >= 0.6 is 0 Å². The first-order valence-corrected chi connectivity index (χ1v) is 36.1. The van der Waals surface area contributed by atoms with E-state index in [1.165, 1.54) is 49.4 Å². The number of aromatic nitrogens is 6. The summed E-state index contributed by atoms with van der Waals surface area (Å²) in [4.78, 5) is 115. The van der Waals surface area contributed by atoms with Crippen LogP contribution in [0.1, 0.15) is 135 Å². The van der Waals surface area contributed by atoms with Gasteiger partial charge in [0, 0.05) is 113 Å². The Kier molecular flexibility index (Phi) is 35.5. The molecule has 113 heavy (non-hydrogen) atoms. The van der Waals surface area contributed by atoms with Gasteiger partial charge in [-0.25, -0.2) is 56.9 Å². The Balaban J connectivity index is 0.000000242. The third kappa shape index (κ3) is 32.9. The predicted octanol–water partition coefficient (Wildman–Crippen LogP) is 12.1. The molecule has 0 aliphatic carbocycles. The van der Waals surface area contributed by atoms with Crippen LogP contribution < -0.4 is 22.1 Å². The number of terminal acetylenes is 2. The number of nitrogens with one attached hydrogen (secondary N) is 2. The lowest BCUT2D eigenvalue weighted by atomic mass is 10.0. The number of imidazole rings is 1. The number of ether oxygens (including phenoxy) is 3. The van der Waals surface area contributed by atoms with Gasteiger partial charge < -0.3 is 65.0 Å². The highest BCUT2D eigenvalue weighted by atomic mass is 19.1. The SMILES string of the molecule is C#CCN.C#CCNC(=O)CC1CCN(C(=O)OC(C)(C)C)C1.CC(C)(C)OC(=O)N1CCC(CC(=O)O)C1.Cc1cnc(CC2CCN(C(=O)OC(C)(C)C)C2)o1.Cc1cnc(CC2CCNC2)o1.Nc1nc(-c2ccc(F)cc2F)ccc1[N+](=O)[O-].O=C(Cc1nc(-c2ccc(F)cc2F)ccc1[N+](=O)[O-])n1ccnc1. The second-order valence-electron chi connectivity index (χ2n) is 29.5. The fraction of sp³-hybridized carbons (Fsp3) is 0.474. The summed E-state index contributed by atoms with van der Waals surface area (Å²) in [5.74, 6) is 4.54. The highest BCUT2D eigenvalue weighted by Crippen LogP contribution is 2.31. The third-order valence-electron chi connectivity index (χ3n) is 16.5. The highest BCUT2D eigenvalue weighted by molar-refractivity contribution is 5.82. The van der Waals surface area contributed by atoms with Crippen LogP contribution in [0.5, 0.6) is 0 Å². The number of rotatable bonds is 15. The van der Waals surface area contributed by atoms with Gasteiger partial charge in [0.05, 0.1) is 53.1 Å². The molecule has 0 bridgehead atoms. The minimum Gasteiger partial charge on any atom is -0.481 e. The van der Waals surface area contributed by atoms with E-state index in [9.17, 15) is 66.6 Å². The molecule has 4 aliphatic rings. The van der Waals surface area contributed by atoms with Gasteiger partial charge in [0.25, 0.3) is 5.69 Å². The number of carboxylic acid groups (broad SMARTS) is 1. The van der Waals surface area contributed by atoms with E-state index >= 15 is 0 Å². The van der Waals surface area contributed by atoms with Crippen molar-refractivity contribution in [3.63, 3.8) is 0 Å². The molecule has 4 aliphatic heterocycles. The zero-order valence-corrected chi connectivity index (χ0v) is 65.2. The molecule has 0 spiro atoms. The Hall–Kier alpha value is -11.9. The third-order valence-corrected chi connectivity index (χ3v) is 16.5. The van der Waals surface area contributed by atoms with Crippen LogP contribution in [0, 0.1) is 106 Å². The maximum absolute atomic E-state index is 13.9. The molecule has 5 aromatic heterocycles. The quantitative estimate of drug-likeness (QED) is 0.0209. The zero-order chi connectivity index (χ0) is 83.9. The normalized spacial score (nSPS) is 16.1. The van der Waals surface area contributed by atoms with Crippen molar-refractivity contribution in [3.8, 4) is 47.2 Å². The lowest BCUT2D eigenvalue weighted by Gasteiger charge is -2.24. The van der Waals surface area contributed by atoms with E-state index in [1.54, 1.807) is 27.1 Å². The van der Waals surface area contributed by atoms with Crippen molar-refractivity contribution in [1.29, 1.82) is 0 Å². The van der Waals surface area contributed by atoms with Crippen molar-refractivity contribution in [2.45, 2.75) is 151 Å². The molecule has 7 N–H and O–H groups in total. The minimum atomic E-state index is -0.853. The number of nitrogens with two attached hydrogens (primary N) is 2. The highest BCUT2D eigenvalue weighted by Gasteiger charge is 2.34. The van der Waals surface area contributed by atoms with Crippen LogP contribution in [0.15, 0.2) is 101 Å². The van der Waals surface area contributed by atoms with Crippen LogP contribution in [-0.2, 0) is 43.1 Å². The number of amides is 4. The summed E-state index contributed by atoms with van der Waals surface area (Å²) in [6, 6.07) is 10.7. The molecule has 35 heteroatoms. The van der Waals surface area contributed by atoms with Crippen LogP contribution in [0.2, 0.25) is 0 Å². The van der Waals surface area contributed by atoms with Crippen LogP contribution in [0.3, 0.4) is 0 Å². The number of anilines is 1. The monoisotopic (exact) mass is 1580 g/mol. The van der Waals surface area contributed by atoms with Crippen LogP contribution in [-0.4, -0.2) is 177 Å². The Labute approximate surface area is 652 Å². The number of carboxylic acids is 1. The largest absolute Gasteiger partial charge is 0.481 e. The number of pyridine rings is 2. The number of hydrogen-bond acceptors (Lipinski definition) is 23. The van der Waals surface area contributed by atoms with Gasteiger partial charge >= 0.3 is 29.9 Å². The van der Waals surface area contributed by atoms with E-state index in [1.807, 2.05) is 76.2 Å². The van der Waals surface area contributed by atoms with Crippen LogP contribution in [0.4, 0.5) is 49.1 Å². The molecule has 4 fully saturated rings. The maximum Gasteiger partial charge on any atom is 0.410 e. The fourth-order valence-corrected chi connectivity index (χ4v) is 11.3. The number of likely N-dealkylation sites (tertiary alicyclic amines) is 3. The van der Waals surface area contributed by atoms with Crippen molar-refractivity contribution in [2.75, 3.05) is 71.2 Å². The number of nitrogen functional groups attached to an aromatic ring is 1. The number of aliphatic carboxylic acids is 1. The smallest absolute Gasteiger partial charge is 0.410 e. The maximum atomic E-state index is 13.9. The number of halogens is 4. The number of oxazole rings is 2. The number of nitrogens with zero attached hydrogens (tertiary/aromatic N) is 11. The van der Waals surface area contributed by atoms with Crippen molar-refractivity contribution < 1.29 is 84.3 Å². The second kappa shape index (κ2) is 43.7. The first-order valence-electron chi connectivity index (χ1n) is 36.1. The molecule has 9 heterocycles. The van der Waals surface area contributed by atoms with Gasteiger partial charge in [-0.15, -0.1) is 12.8 Å². The number of aryl methyl sites for hydroxylation is 2. The van der Waals surface area contributed by atoms with E-state index in [2.05, 4.69) is 53.8 Å². The lowest BCUT2D eigenvalue weighted by Crippen LogP contribution is -2.35. The molecule has 4 amide bonds. The van der Waals surface area contributed by atoms with Gasteiger partial charge in [0.2, 0.25) is 17.6 Å². The first kappa shape index (κ1) is 91.8. The summed E-state index contributed by atoms with van der Waals surface area (Å²) in [5.41, 5.74) is 8.10. The van der Waals surface area contributed by atoms with Gasteiger partial charge in [0.15, 0.2) is 11.8 Å². The van der Waals surface area contributed by atoms with Gasteiger partial charge in [-0.3, -0.25) is 39.2 Å². The molecule has 4 atom stereocenters. The number of carbonyl (C=O) groups is 6. The Morgan fingerprint density at radius 1 is 0.655 bits per heavy atom. The Morgan fingerprint density at radius 3 is 1.50 bits per heavy atom. The van der Waals surface area contributed by atoms with E-state index in [0.717, 1.165) is 116 Å². The van der Waals surface area contributed by atoms with Gasteiger partial charge in [-0.1, -0.05) is 11.8 Å². The van der Waals surface area contributed by atoms with Crippen molar-refractivity contribution >= 4 is 53.3 Å². The van der Waals surface area contributed by atoms with Crippen molar-refractivity contribution in [1.82, 2.24) is 54.8 Å². The Morgan fingerprint density at radius 2 is 1.11 bits per heavy atom. The average molecular weight is 1580 g/mol. The van der Waals surface area contributed by atoms with Crippen molar-refractivity contribution in [2.24, 2.45) is 29.4 Å². The molecule has 610 valence electrons. The molecule has 0 radical (unpaired) electrons. The zero-order valence-electron chi connectivity index (χ0n) is 65.2. The molecule has 31 nitrogen and oxygen atoms in total. The number of nitro groups is 2. The standard InChI is InChI=1S/C16H10F2N4O3.2C14H22N2O3.C11H7F2N3O2.C11H19NO4.C9H14N2O.C3H5N/c17-10-1-2-11(12(18)7-10)13-3-4-15(22(24)25)14(20-13)8-16(23)21-6-5-19-9-21;1-10-8-15-12(18-10)7-11-5-6-16(9-11)13(17)19-14(2,3)4;1-5-7-15-12(17)9-11-6-8-16(10-11)13(18)19-14(2,3)4;12-6-1-2-7(8(13)5-6)9-3-4-10(16(17)18)11(14)15-9;1-11(2,3)16-10(15)12-5-4-8(7-12)6-9(13)14;1-7-5-11-9(12-7)4-8-2-3-10-6-8;1-2-3-4/h1-7,9H,8H2;8,11H,5-7,9H2,1-4H3;1,11H,6-10H2,2-4H3,(H,15,17);1-5H,(H2,14,15);8H,4-7H2,1-3H3,(H,13,14);5,8,10H,2-4,6H2,1H3;1H,3-4H2. The number of benzene rings is 2. The number of carbonyl (C=O) groups excluding carboxylic acids is 5. The minimum absolute atomic E-state index is 0.0207. The molecular formula is C78H99F4N15O16. The summed E-state index contributed by atoms with van der Waals surface area (Å²) in [5, 5.41) is 36.3. The first-order chi connectivity index (χ1) is 53.1. The van der Waals surface area contributed by atoms with Crippen LogP contribution in [0.25, 0.3) is 22.5 Å². The van der Waals surface area contributed by atoms with Gasteiger partial charge in [-0.2, -0.15) is 0 Å². The van der Waals surface area contributed by atoms with E-state index in [-0.39, 0.29) is 101 Å². The van der Waals surface area contributed by atoms with Gasteiger partial charge in [-0.05, 0) is 175 Å². The summed E-state index contributed by atoms with van der Waals surface area (Å²) in [7, 11) is 0. The number of hydrogen-bond donors (Lipinski definition) is 5. The second-order valence-corrected chi connectivity index (χ2v) is 29.5. The summed E-state index contributed by atoms with van der Waals surface area (Å²) >= 11 is 0. The van der Waals surface area contributed by atoms with E-state index < -0.39 is 61.8 Å².